The Labute approximate surface area is 189 Å². The smallest absolute Gasteiger partial charge is 0.322 e. The number of nitrogens with one attached hydrogen (secondary N) is 1. The van der Waals surface area contributed by atoms with Crippen LogP contribution < -0.4 is 15.8 Å². The number of carbonyl (C=O) groups is 2. The number of fused-ring (bicyclic) bond motifs is 2. The normalized spacial score (nSPS) is 20.2. The van der Waals surface area contributed by atoms with E-state index in [-0.39, 0.29) is 42.4 Å². The van der Waals surface area contributed by atoms with Gasteiger partial charge in [0, 0.05) is 37.3 Å². The monoisotopic (exact) mass is 462 g/mol. The van der Waals surface area contributed by atoms with Crippen LogP contribution in [-0.4, -0.2) is 60.1 Å². The molecule has 7 nitrogen and oxygen atoms in total. The average Bonchev–Trinajstić information content (AvgIpc) is 3.39. The number of ether oxygens (including phenoxy) is 1. The van der Waals surface area contributed by atoms with E-state index in [0.29, 0.717) is 37.0 Å². The zero-order valence-electron chi connectivity index (χ0n) is 18.1. The third kappa shape index (κ3) is 4.90. The molecule has 2 aliphatic heterocycles. The summed E-state index contributed by atoms with van der Waals surface area (Å²) in [5.41, 5.74) is 6.57. The highest BCUT2D eigenvalue weighted by Crippen LogP contribution is 2.32. The predicted molar refractivity (Wildman–Crippen MR) is 115 cm³/mol. The summed E-state index contributed by atoms with van der Waals surface area (Å²) in [5, 5.41) is 2.85. The number of rotatable bonds is 6. The number of anilines is 1. The molecule has 4 rings (SSSR count). The van der Waals surface area contributed by atoms with E-state index in [0.717, 1.165) is 6.07 Å². The molecule has 0 saturated carbocycles. The predicted octanol–water partition coefficient (Wildman–Crippen LogP) is 2.89. The minimum atomic E-state index is -1.27. The first kappa shape index (κ1) is 22.9. The van der Waals surface area contributed by atoms with Gasteiger partial charge in [-0.2, -0.15) is 0 Å². The number of nitrogens with zero attached hydrogens (tertiary/aromatic N) is 2. The maximum Gasteiger partial charge on any atom is 0.322 e. The molecule has 10 heteroatoms. The molecular weight excluding hydrogens is 437 g/mol. The first-order valence-electron chi connectivity index (χ1n) is 10.6. The average molecular weight is 462 g/mol. The number of nitrogens with two attached hydrogens (primary N) is 1. The van der Waals surface area contributed by atoms with Crippen molar-refractivity contribution < 1.29 is 27.5 Å². The number of urea groups is 1. The minimum Gasteiger partial charge on any atom is -0.497 e. The third-order valence-electron chi connectivity index (χ3n) is 6.17. The van der Waals surface area contributed by atoms with E-state index in [1.807, 2.05) is 0 Å². The maximum atomic E-state index is 13.9. The molecule has 2 bridgehead atoms. The van der Waals surface area contributed by atoms with Crippen LogP contribution in [0.1, 0.15) is 18.4 Å². The van der Waals surface area contributed by atoms with Crippen molar-refractivity contribution in [3.05, 3.63) is 59.4 Å². The van der Waals surface area contributed by atoms with E-state index in [2.05, 4.69) is 5.32 Å². The summed E-state index contributed by atoms with van der Waals surface area (Å²) in [5.74, 6) is -2.83. The molecule has 2 heterocycles. The molecule has 0 radical (unpaired) electrons. The Balaban J connectivity index is 1.29. The van der Waals surface area contributed by atoms with Gasteiger partial charge >= 0.3 is 6.03 Å². The molecule has 0 spiro atoms. The van der Waals surface area contributed by atoms with Gasteiger partial charge in [0.05, 0.1) is 19.2 Å². The molecule has 3 atom stereocenters. The molecule has 0 aromatic heterocycles. The number of amides is 3. The lowest BCUT2D eigenvalue weighted by Gasteiger charge is -2.34. The largest absolute Gasteiger partial charge is 0.497 e. The summed E-state index contributed by atoms with van der Waals surface area (Å²) in [6.45, 7) is 0.803. The van der Waals surface area contributed by atoms with Gasteiger partial charge in [-0.1, -0.05) is 0 Å². The van der Waals surface area contributed by atoms with Gasteiger partial charge in [-0.3, -0.25) is 4.79 Å². The van der Waals surface area contributed by atoms with Gasteiger partial charge in [0.15, 0.2) is 11.6 Å². The molecule has 33 heavy (non-hydrogen) atoms. The van der Waals surface area contributed by atoms with E-state index in [1.54, 1.807) is 41.2 Å². The van der Waals surface area contributed by atoms with Crippen molar-refractivity contribution in [1.29, 1.82) is 0 Å². The van der Waals surface area contributed by atoms with Gasteiger partial charge in [0.1, 0.15) is 11.6 Å². The second kappa shape index (κ2) is 9.30. The zero-order chi connectivity index (χ0) is 23.7. The van der Waals surface area contributed by atoms with Crippen LogP contribution in [0.4, 0.5) is 23.7 Å². The van der Waals surface area contributed by atoms with Crippen molar-refractivity contribution in [2.45, 2.75) is 37.4 Å². The summed E-state index contributed by atoms with van der Waals surface area (Å²) in [4.78, 5) is 28.8. The number of halogens is 3. The molecule has 2 aromatic rings. The molecule has 2 saturated heterocycles. The molecule has 0 aliphatic carbocycles. The van der Waals surface area contributed by atoms with E-state index in [9.17, 15) is 22.8 Å². The fourth-order valence-corrected chi connectivity index (χ4v) is 4.51. The van der Waals surface area contributed by atoms with Gasteiger partial charge in [0.2, 0.25) is 5.91 Å². The Morgan fingerprint density at radius 2 is 1.70 bits per heavy atom. The molecule has 2 fully saturated rings. The third-order valence-corrected chi connectivity index (χ3v) is 6.17. The summed E-state index contributed by atoms with van der Waals surface area (Å²) in [6.07, 6.45) is 0.529. The molecule has 2 aliphatic rings. The quantitative estimate of drug-likeness (QED) is 0.647. The lowest BCUT2D eigenvalue weighted by atomic mass is 10.0. The van der Waals surface area contributed by atoms with Crippen molar-refractivity contribution in [2.75, 3.05) is 25.5 Å². The minimum absolute atomic E-state index is 0.0559. The Morgan fingerprint density at radius 1 is 1.06 bits per heavy atom. The standard InChI is InChI=1S/C23H25F3N4O3/c1-33-18-4-2-15(3-5-18)28-23(32)30-12-16-9-17(30)11-29(16)22(31)8-14(27)6-13-7-20(25)21(26)10-19(13)24/h2-5,7,10,14,16-17H,6,8-9,11-12,27H2,1H3,(H,28,32)/t14-,16+,17+/m1/s1. The number of methoxy groups -OCH3 is 1. The topological polar surface area (TPSA) is 87.9 Å². The van der Waals surface area contributed by atoms with Crippen LogP contribution in [0.25, 0.3) is 0 Å². The van der Waals surface area contributed by atoms with Crippen LogP contribution in [0.15, 0.2) is 36.4 Å². The number of hydrogen-bond acceptors (Lipinski definition) is 4. The highest BCUT2D eigenvalue weighted by Gasteiger charge is 2.47. The summed E-state index contributed by atoms with van der Waals surface area (Å²) in [6, 6.07) is 7.06. The van der Waals surface area contributed by atoms with Crippen molar-refractivity contribution in [3.63, 3.8) is 0 Å². The fraction of sp³-hybridized carbons (Fsp3) is 0.391. The number of piperazine rings is 1. The van der Waals surface area contributed by atoms with Crippen LogP contribution >= 0.6 is 0 Å². The summed E-state index contributed by atoms with van der Waals surface area (Å²) >= 11 is 0. The number of hydrogen-bond donors (Lipinski definition) is 2. The van der Waals surface area contributed by atoms with E-state index in [4.69, 9.17) is 10.5 Å². The van der Waals surface area contributed by atoms with Gasteiger partial charge in [-0.25, -0.2) is 18.0 Å². The van der Waals surface area contributed by atoms with E-state index >= 15 is 0 Å². The number of likely N-dealkylation sites (tertiary alicyclic amines) is 2. The SMILES string of the molecule is COc1ccc(NC(=O)N2C[C@@H]3C[C@H]2CN3C(=O)C[C@H](N)Cc2cc(F)c(F)cc2F)cc1. The fourth-order valence-electron chi connectivity index (χ4n) is 4.51. The molecule has 2 aromatic carbocycles. The van der Waals surface area contributed by atoms with Crippen LogP contribution in [0.3, 0.4) is 0 Å². The second-order valence-corrected chi connectivity index (χ2v) is 8.43. The van der Waals surface area contributed by atoms with Gasteiger partial charge < -0.3 is 25.6 Å². The van der Waals surface area contributed by atoms with Crippen molar-refractivity contribution in [1.82, 2.24) is 9.80 Å². The zero-order valence-corrected chi connectivity index (χ0v) is 18.1. The van der Waals surface area contributed by atoms with Crippen molar-refractivity contribution >= 4 is 17.6 Å². The number of carbonyl (C=O) groups excluding carboxylic acids is 2. The Hall–Kier alpha value is -3.27. The molecule has 0 unspecified atom stereocenters. The molecule has 3 amide bonds. The molecule has 176 valence electrons. The Kier molecular flexibility index (Phi) is 6.46. The number of benzene rings is 2. The Morgan fingerprint density at radius 3 is 2.33 bits per heavy atom. The lowest BCUT2D eigenvalue weighted by Crippen LogP contribution is -2.52. The lowest BCUT2D eigenvalue weighted by molar-refractivity contribution is -0.133. The van der Waals surface area contributed by atoms with E-state index in [1.165, 1.54) is 0 Å². The Bertz CT molecular complexity index is 1050. The van der Waals surface area contributed by atoms with Crippen molar-refractivity contribution in [2.24, 2.45) is 5.73 Å². The van der Waals surface area contributed by atoms with Crippen LogP contribution in [0, 0.1) is 17.5 Å². The summed E-state index contributed by atoms with van der Waals surface area (Å²) < 4.78 is 45.4. The van der Waals surface area contributed by atoms with E-state index < -0.39 is 23.5 Å². The maximum absolute atomic E-state index is 13.9. The molecular formula is C23H25F3N4O3. The van der Waals surface area contributed by atoms with Crippen LogP contribution in [0.5, 0.6) is 5.75 Å². The van der Waals surface area contributed by atoms with Gasteiger partial charge in [-0.15, -0.1) is 0 Å². The van der Waals surface area contributed by atoms with Crippen molar-refractivity contribution in [3.8, 4) is 5.75 Å². The first-order valence-corrected chi connectivity index (χ1v) is 10.6. The van der Waals surface area contributed by atoms with Crippen LogP contribution in [-0.2, 0) is 11.2 Å². The van der Waals surface area contributed by atoms with Crippen LogP contribution in [0.2, 0.25) is 0 Å². The first-order chi connectivity index (χ1) is 15.7. The highest BCUT2D eigenvalue weighted by molar-refractivity contribution is 5.90. The summed E-state index contributed by atoms with van der Waals surface area (Å²) in [7, 11) is 1.56. The highest BCUT2D eigenvalue weighted by atomic mass is 19.2. The van der Waals surface area contributed by atoms with Gasteiger partial charge in [-0.05, 0) is 48.7 Å². The second-order valence-electron chi connectivity index (χ2n) is 8.43. The molecule has 3 N–H and O–H groups in total. The van der Waals surface area contributed by atoms with Gasteiger partial charge in [0.25, 0.3) is 0 Å².